The molecule has 0 radical (unpaired) electrons. The summed E-state index contributed by atoms with van der Waals surface area (Å²) >= 11 is 1.91. The third-order valence-electron chi connectivity index (χ3n) is 2.24. The van der Waals surface area contributed by atoms with Gasteiger partial charge in [-0.15, -0.1) is 0 Å². The van der Waals surface area contributed by atoms with Crippen LogP contribution in [0.4, 0.5) is 0 Å². The highest BCUT2D eigenvalue weighted by Crippen LogP contribution is 2.21. The summed E-state index contributed by atoms with van der Waals surface area (Å²) in [7, 11) is 0. The van der Waals surface area contributed by atoms with Crippen LogP contribution >= 0.6 is 11.8 Å². The summed E-state index contributed by atoms with van der Waals surface area (Å²) in [5, 5.41) is 9.55. The molecule has 0 fully saturated rings. The van der Waals surface area contributed by atoms with E-state index in [1.807, 2.05) is 36.0 Å². The van der Waals surface area contributed by atoms with Crippen molar-refractivity contribution in [2.75, 3.05) is 0 Å². The molecule has 0 saturated heterocycles. The summed E-state index contributed by atoms with van der Waals surface area (Å²) in [6, 6.07) is 10.0. The number of benzene rings is 1. The first-order valence-electron chi connectivity index (χ1n) is 4.87. The summed E-state index contributed by atoms with van der Waals surface area (Å²) in [6.45, 7) is 4.41. The topological polar surface area (TPSA) is 23.8 Å². The molecule has 0 heterocycles. The van der Waals surface area contributed by atoms with E-state index in [0.717, 1.165) is 16.9 Å². The van der Waals surface area contributed by atoms with Crippen molar-refractivity contribution in [1.29, 1.82) is 5.26 Å². The Balaban J connectivity index is 2.63. The average molecular weight is 205 g/mol. The molecular weight excluding hydrogens is 190 g/mol. The fraction of sp³-hybridized carbons (Fsp3) is 0.417. The number of hydrogen-bond acceptors (Lipinski definition) is 2. The molecular formula is C12H15NS. The van der Waals surface area contributed by atoms with Gasteiger partial charge < -0.3 is 0 Å². The number of thioether (sulfide) groups is 1. The van der Waals surface area contributed by atoms with Gasteiger partial charge in [0, 0.05) is 11.0 Å². The maximum atomic E-state index is 8.88. The molecule has 0 unspecified atom stereocenters. The van der Waals surface area contributed by atoms with Gasteiger partial charge in [0.1, 0.15) is 0 Å². The van der Waals surface area contributed by atoms with Crippen LogP contribution in [0.3, 0.4) is 0 Å². The van der Waals surface area contributed by atoms with Crippen molar-refractivity contribution in [2.24, 2.45) is 0 Å². The second kappa shape index (κ2) is 5.72. The van der Waals surface area contributed by atoms with E-state index in [1.165, 1.54) is 6.42 Å². The minimum atomic E-state index is 0.668. The standard InChI is InChI=1S/C12H15NS/c1-3-10(2)14-9-12-7-5-4-6-11(12)8-13/h4-7,10H,3,9H2,1-2H3/t10-/m1/s1. The lowest BCUT2D eigenvalue weighted by Gasteiger charge is -2.08. The molecule has 0 bridgehead atoms. The summed E-state index contributed by atoms with van der Waals surface area (Å²) in [5.74, 6) is 0.943. The Morgan fingerprint density at radius 3 is 2.79 bits per heavy atom. The van der Waals surface area contributed by atoms with Crippen LogP contribution in [0.2, 0.25) is 0 Å². The Morgan fingerprint density at radius 2 is 2.14 bits per heavy atom. The average Bonchev–Trinajstić information content (AvgIpc) is 2.26. The first-order valence-corrected chi connectivity index (χ1v) is 5.92. The second-order valence-corrected chi connectivity index (χ2v) is 4.73. The molecule has 0 aromatic heterocycles. The van der Waals surface area contributed by atoms with Gasteiger partial charge in [-0.05, 0) is 18.1 Å². The van der Waals surface area contributed by atoms with E-state index in [9.17, 15) is 0 Å². The third-order valence-corrected chi connectivity index (χ3v) is 3.62. The maximum absolute atomic E-state index is 8.88. The minimum Gasteiger partial charge on any atom is -0.192 e. The van der Waals surface area contributed by atoms with E-state index < -0.39 is 0 Å². The number of hydrogen-bond donors (Lipinski definition) is 0. The monoisotopic (exact) mass is 205 g/mol. The van der Waals surface area contributed by atoms with Crippen LogP contribution in [0.15, 0.2) is 24.3 Å². The van der Waals surface area contributed by atoms with Crippen molar-refractivity contribution in [3.8, 4) is 6.07 Å². The van der Waals surface area contributed by atoms with E-state index in [0.29, 0.717) is 5.25 Å². The van der Waals surface area contributed by atoms with E-state index in [1.54, 1.807) is 0 Å². The zero-order valence-corrected chi connectivity index (χ0v) is 9.47. The molecule has 0 saturated carbocycles. The van der Waals surface area contributed by atoms with Crippen molar-refractivity contribution in [3.63, 3.8) is 0 Å². The smallest absolute Gasteiger partial charge is 0.0994 e. The molecule has 0 amide bonds. The largest absolute Gasteiger partial charge is 0.192 e. The fourth-order valence-corrected chi connectivity index (χ4v) is 2.06. The Morgan fingerprint density at radius 1 is 1.43 bits per heavy atom. The van der Waals surface area contributed by atoms with Gasteiger partial charge in [-0.3, -0.25) is 0 Å². The Hall–Kier alpha value is -0.940. The first kappa shape index (κ1) is 11.1. The van der Waals surface area contributed by atoms with Crippen molar-refractivity contribution >= 4 is 11.8 Å². The van der Waals surface area contributed by atoms with Gasteiger partial charge >= 0.3 is 0 Å². The van der Waals surface area contributed by atoms with Crippen LogP contribution in [0, 0.1) is 11.3 Å². The van der Waals surface area contributed by atoms with Crippen molar-refractivity contribution in [3.05, 3.63) is 35.4 Å². The van der Waals surface area contributed by atoms with E-state index in [-0.39, 0.29) is 0 Å². The molecule has 0 aliphatic rings. The maximum Gasteiger partial charge on any atom is 0.0994 e. The van der Waals surface area contributed by atoms with Crippen molar-refractivity contribution in [2.45, 2.75) is 31.3 Å². The zero-order chi connectivity index (χ0) is 10.4. The minimum absolute atomic E-state index is 0.668. The van der Waals surface area contributed by atoms with Gasteiger partial charge in [-0.1, -0.05) is 32.0 Å². The molecule has 74 valence electrons. The highest BCUT2D eigenvalue weighted by molar-refractivity contribution is 7.99. The zero-order valence-electron chi connectivity index (χ0n) is 8.66. The second-order valence-electron chi connectivity index (χ2n) is 3.30. The SMILES string of the molecule is CC[C@@H](C)SCc1ccccc1C#N. The van der Waals surface area contributed by atoms with Crippen LogP contribution < -0.4 is 0 Å². The predicted octanol–water partition coefficient (Wildman–Crippen LogP) is 3.59. The van der Waals surface area contributed by atoms with Crippen LogP contribution in [0.1, 0.15) is 31.4 Å². The molecule has 1 nitrogen and oxygen atoms in total. The molecule has 0 aliphatic carbocycles. The number of nitriles is 1. The Bertz CT molecular complexity index is 327. The van der Waals surface area contributed by atoms with Crippen molar-refractivity contribution < 1.29 is 0 Å². The molecule has 0 aliphatic heterocycles. The first-order chi connectivity index (χ1) is 6.77. The van der Waals surface area contributed by atoms with Crippen LogP contribution in [-0.2, 0) is 5.75 Å². The quantitative estimate of drug-likeness (QED) is 0.750. The molecule has 14 heavy (non-hydrogen) atoms. The van der Waals surface area contributed by atoms with Gasteiger partial charge in [0.05, 0.1) is 11.6 Å². The lowest BCUT2D eigenvalue weighted by atomic mass is 10.1. The van der Waals surface area contributed by atoms with E-state index in [2.05, 4.69) is 19.9 Å². The summed E-state index contributed by atoms with van der Waals surface area (Å²) in [4.78, 5) is 0. The van der Waals surface area contributed by atoms with E-state index in [4.69, 9.17) is 5.26 Å². The van der Waals surface area contributed by atoms with Crippen molar-refractivity contribution in [1.82, 2.24) is 0 Å². The van der Waals surface area contributed by atoms with Gasteiger partial charge in [-0.25, -0.2) is 0 Å². The fourth-order valence-electron chi connectivity index (χ4n) is 1.11. The Kier molecular flexibility index (Phi) is 4.55. The lowest BCUT2D eigenvalue weighted by Crippen LogP contribution is -1.95. The van der Waals surface area contributed by atoms with Crippen LogP contribution in [0.25, 0.3) is 0 Å². The van der Waals surface area contributed by atoms with Crippen LogP contribution in [-0.4, -0.2) is 5.25 Å². The molecule has 2 heteroatoms. The van der Waals surface area contributed by atoms with Crippen LogP contribution in [0.5, 0.6) is 0 Å². The highest BCUT2D eigenvalue weighted by atomic mass is 32.2. The Labute approximate surface area is 90.1 Å². The highest BCUT2D eigenvalue weighted by Gasteiger charge is 2.03. The van der Waals surface area contributed by atoms with Gasteiger partial charge in [0.15, 0.2) is 0 Å². The molecule has 1 aromatic carbocycles. The third kappa shape index (κ3) is 3.08. The van der Waals surface area contributed by atoms with Gasteiger partial charge in [-0.2, -0.15) is 17.0 Å². The van der Waals surface area contributed by atoms with Gasteiger partial charge in [0.2, 0.25) is 0 Å². The normalized spacial score (nSPS) is 12.1. The molecule has 1 rings (SSSR count). The summed E-state index contributed by atoms with van der Waals surface area (Å²) in [5.41, 5.74) is 1.96. The summed E-state index contributed by atoms with van der Waals surface area (Å²) in [6.07, 6.45) is 1.18. The van der Waals surface area contributed by atoms with E-state index >= 15 is 0 Å². The number of rotatable bonds is 4. The molecule has 0 N–H and O–H groups in total. The van der Waals surface area contributed by atoms with Gasteiger partial charge in [0.25, 0.3) is 0 Å². The molecule has 1 aromatic rings. The molecule has 1 atom stereocenters. The summed E-state index contributed by atoms with van der Waals surface area (Å²) < 4.78 is 0. The predicted molar refractivity (Wildman–Crippen MR) is 62.2 cm³/mol. The molecule has 0 spiro atoms. The number of nitrogens with zero attached hydrogens (tertiary/aromatic N) is 1. The lowest BCUT2D eigenvalue weighted by molar-refractivity contribution is 0.905.